The molecule has 1 N–H and O–H groups in total. The summed E-state index contributed by atoms with van der Waals surface area (Å²) in [4.78, 5) is 23.0. The number of carbonyl (C=O) groups is 1. The molecule has 0 aliphatic rings. The van der Waals surface area contributed by atoms with Crippen molar-refractivity contribution in [2.75, 3.05) is 0 Å². The van der Waals surface area contributed by atoms with E-state index in [4.69, 9.17) is 11.7 Å². The van der Waals surface area contributed by atoms with Gasteiger partial charge in [0, 0.05) is 31.7 Å². The van der Waals surface area contributed by atoms with Crippen molar-refractivity contribution >= 4 is 11.8 Å². The Morgan fingerprint density at radius 1 is 1.24 bits per heavy atom. The molecule has 3 aromatic heterocycles. The molecule has 1 unspecified atom stereocenters. The van der Waals surface area contributed by atoms with Crippen molar-refractivity contribution in [3.63, 3.8) is 0 Å². The third-order valence-electron chi connectivity index (χ3n) is 3.48. The number of carboxylic acids is 1. The van der Waals surface area contributed by atoms with Crippen LogP contribution in [0.1, 0.15) is 34.7 Å². The Morgan fingerprint density at radius 2 is 1.92 bits per heavy atom. The van der Waals surface area contributed by atoms with Gasteiger partial charge in [-0.2, -0.15) is 0 Å². The summed E-state index contributed by atoms with van der Waals surface area (Å²) in [6.45, 7) is 8.85. The molecule has 0 aliphatic carbocycles. The summed E-state index contributed by atoms with van der Waals surface area (Å²) in [5, 5.41) is 13.1. The van der Waals surface area contributed by atoms with Crippen molar-refractivity contribution < 1.29 is 30.0 Å². The Morgan fingerprint density at radius 3 is 2.56 bits per heavy atom. The molecule has 127 valence electrons. The number of hydrogen-bond acceptors (Lipinski definition) is 4. The van der Waals surface area contributed by atoms with E-state index < -0.39 is 5.97 Å². The predicted molar refractivity (Wildman–Crippen MR) is 85.2 cm³/mol. The van der Waals surface area contributed by atoms with Gasteiger partial charge in [-0.3, -0.25) is 4.98 Å². The summed E-state index contributed by atoms with van der Waals surface area (Å²) in [7, 11) is 0. The fourth-order valence-electron chi connectivity index (χ4n) is 2.21. The van der Waals surface area contributed by atoms with Gasteiger partial charge in [0.2, 0.25) is 0 Å². The normalized spacial score (nSPS) is 11.2. The maximum absolute atomic E-state index is 11.1. The molecule has 0 spiro atoms. The van der Waals surface area contributed by atoms with E-state index in [9.17, 15) is 4.79 Å². The van der Waals surface area contributed by atoms with Gasteiger partial charge in [-0.05, 0) is 35.6 Å². The molecule has 3 heterocycles. The zero-order valence-corrected chi connectivity index (χ0v) is 15.4. The van der Waals surface area contributed by atoms with E-state index in [2.05, 4.69) is 26.1 Å². The van der Waals surface area contributed by atoms with Crippen molar-refractivity contribution in [2.45, 2.75) is 12.8 Å². The molecule has 8 heteroatoms. The first kappa shape index (κ1) is 18.5. The van der Waals surface area contributed by atoms with Crippen LogP contribution in [0.2, 0.25) is 0 Å². The van der Waals surface area contributed by atoms with Crippen LogP contribution in [-0.2, 0) is 20.1 Å². The summed E-state index contributed by atoms with van der Waals surface area (Å²) >= 11 is 0. The van der Waals surface area contributed by atoms with Crippen LogP contribution < -0.4 is 0 Å². The smallest absolute Gasteiger partial charge is 0.354 e. The number of hydrogen-bond donors (Lipinski definition) is 1. The molecule has 1 radical (unpaired) electrons. The Hall–Kier alpha value is -2.88. The molecule has 0 aromatic carbocycles. The van der Waals surface area contributed by atoms with Gasteiger partial charge in [0.15, 0.2) is 0 Å². The molecule has 3 aromatic rings. The average Bonchev–Trinajstić information content (AvgIpc) is 3.10. The van der Waals surface area contributed by atoms with Gasteiger partial charge in [0.25, 0.3) is 0 Å². The molecular weight excluding hydrogens is 498 g/mol. The van der Waals surface area contributed by atoms with Crippen molar-refractivity contribution in [1.29, 1.82) is 0 Å². The fraction of sp³-hybridized carbons (Fsp3) is 0.118. The topological polar surface area (TPSA) is 85.3 Å². The van der Waals surface area contributed by atoms with Gasteiger partial charge in [-0.15, -0.1) is 0 Å². The second-order valence-corrected chi connectivity index (χ2v) is 5.05. The maximum atomic E-state index is 11.1. The van der Waals surface area contributed by atoms with Crippen LogP contribution in [0.25, 0.3) is 10.7 Å². The Kier molecular flexibility index (Phi) is 5.75. The van der Waals surface area contributed by atoms with Crippen LogP contribution in [0, 0.1) is 12.8 Å². The maximum Gasteiger partial charge on any atom is 0.354 e. The first-order valence-electron chi connectivity index (χ1n) is 7.11. The second-order valence-electron chi connectivity index (χ2n) is 5.05. The van der Waals surface area contributed by atoms with E-state index in [1.807, 2.05) is 19.1 Å². The molecule has 0 bridgehead atoms. The van der Waals surface area contributed by atoms with Crippen LogP contribution in [0.5, 0.6) is 0 Å². The van der Waals surface area contributed by atoms with Gasteiger partial charge < -0.3 is 9.95 Å². The van der Waals surface area contributed by atoms with Crippen molar-refractivity contribution in [3.05, 3.63) is 77.2 Å². The number of aromatic nitrogens is 4. The molecule has 0 saturated carbocycles. The zero-order chi connectivity index (χ0) is 17.1. The first-order valence-corrected chi connectivity index (χ1v) is 7.11. The number of carboxylic acid groups (broad SMARTS) is 1. The molecular formula is C17H12IrN5O2-. The van der Waals surface area contributed by atoms with E-state index in [0.29, 0.717) is 11.5 Å². The Balaban J connectivity index is 0.00000225. The van der Waals surface area contributed by atoms with Crippen molar-refractivity contribution in [1.82, 2.24) is 19.7 Å². The molecule has 7 nitrogen and oxygen atoms in total. The van der Waals surface area contributed by atoms with Crippen LogP contribution in [0.15, 0.2) is 42.5 Å². The SMILES string of the molecule is [C-]#[N+]c1c[c-]n(-c2cccc(C(C)c3cccc(C(=O)O)n3)n2)n1.[Ir]. The third kappa shape index (κ3) is 3.97. The molecule has 3 rings (SSSR count). The third-order valence-corrected chi connectivity index (χ3v) is 3.48. The number of rotatable bonds is 4. The number of aromatic carboxylic acids is 1. The summed E-state index contributed by atoms with van der Waals surface area (Å²) in [6.07, 6.45) is 2.84. The van der Waals surface area contributed by atoms with Gasteiger partial charge in [-0.25, -0.2) is 14.5 Å². The predicted octanol–water partition coefficient (Wildman–Crippen LogP) is 2.86. The van der Waals surface area contributed by atoms with Gasteiger partial charge in [-0.1, -0.05) is 31.7 Å². The largest absolute Gasteiger partial charge is 0.477 e. The Labute approximate surface area is 157 Å². The van der Waals surface area contributed by atoms with Crippen molar-refractivity contribution in [3.8, 4) is 5.82 Å². The van der Waals surface area contributed by atoms with Gasteiger partial charge >= 0.3 is 11.8 Å². The standard InChI is InChI=1S/C17H12N5O2.Ir/c1-11(12-5-3-7-14(19-12)17(23)24)13-6-4-8-16(20-13)22-10-9-15(18-2)21-22;/h3-9,11H,1H3,(H,23,24);/q-1;. The van der Waals surface area contributed by atoms with Crippen molar-refractivity contribution in [2.24, 2.45) is 0 Å². The molecule has 0 fully saturated rings. The quantitative estimate of drug-likeness (QED) is 0.546. The van der Waals surface area contributed by atoms with Gasteiger partial charge in [0.1, 0.15) is 5.69 Å². The van der Waals surface area contributed by atoms with Crippen LogP contribution >= 0.6 is 0 Å². The van der Waals surface area contributed by atoms with Crippen LogP contribution in [-0.4, -0.2) is 30.8 Å². The van der Waals surface area contributed by atoms with Crippen LogP contribution in [0.3, 0.4) is 0 Å². The zero-order valence-electron chi connectivity index (χ0n) is 13.0. The molecule has 0 aliphatic heterocycles. The summed E-state index contributed by atoms with van der Waals surface area (Å²) in [5.74, 6) is -0.488. The number of nitrogens with zero attached hydrogens (tertiary/aromatic N) is 5. The van der Waals surface area contributed by atoms with Crippen LogP contribution in [0.4, 0.5) is 5.82 Å². The number of pyridine rings is 2. The minimum absolute atomic E-state index is 0. The Bertz CT molecular complexity index is 948. The average molecular weight is 511 g/mol. The monoisotopic (exact) mass is 511 g/mol. The summed E-state index contributed by atoms with van der Waals surface area (Å²) in [5.41, 5.74) is 1.33. The van der Waals surface area contributed by atoms with E-state index in [1.54, 1.807) is 18.2 Å². The first-order chi connectivity index (χ1) is 11.6. The molecule has 0 saturated heterocycles. The van der Waals surface area contributed by atoms with E-state index >= 15 is 0 Å². The molecule has 0 amide bonds. The molecule has 25 heavy (non-hydrogen) atoms. The van der Waals surface area contributed by atoms with E-state index in [0.717, 1.165) is 5.69 Å². The second kappa shape index (κ2) is 7.79. The summed E-state index contributed by atoms with van der Waals surface area (Å²) in [6, 6.07) is 11.8. The fourth-order valence-corrected chi connectivity index (χ4v) is 2.21. The molecule has 1 atom stereocenters. The van der Waals surface area contributed by atoms with E-state index in [1.165, 1.54) is 16.8 Å². The van der Waals surface area contributed by atoms with E-state index in [-0.39, 0.29) is 37.5 Å². The minimum Gasteiger partial charge on any atom is -0.477 e. The summed E-state index contributed by atoms with van der Waals surface area (Å²) < 4.78 is 1.41. The van der Waals surface area contributed by atoms with Gasteiger partial charge in [0.05, 0.1) is 11.5 Å². The minimum atomic E-state index is -1.07.